The van der Waals surface area contributed by atoms with Crippen LogP contribution in [0.2, 0.25) is 5.02 Å². The number of nitrogens with zero attached hydrogens (tertiary/aromatic N) is 2. The Morgan fingerprint density at radius 1 is 1.32 bits per heavy atom. The van der Waals surface area contributed by atoms with Crippen LogP contribution in [0.3, 0.4) is 0 Å². The fourth-order valence-electron chi connectivity index (χ4n) is 1.48. The zero-order valence-corrected chi connectivity index (χ0v) is 10.7. The summed E-state index contributed by atoms with van der Waals surface area (Å²) in [6, 6.07) is 3.97. The second-order valence-corrected chi connectivity index (χ2v) is 3.90. The van der Waals surface area contributed by atoms with E-state index in [1.807, 2.05) is 0 Å². The van der Waals surface area contributed by atoms with Crippen LogP contribution in [-0.4, -0.2) is 17.1 Å². The summed E-state index contributed by atoms with van der Waals surface area (Å²) in [6.45, 7) is 0. The molecule has 0 saturated carbocycles. The van der Waals surface area contributed by atoms with Crippen molar-refractivity contribution in [3.8, 4) is 5.75 Å². The van der Waals surface area contributed by atoms with Gasteiger partial charge < -0.3 is 15.5 Å². The number of hydrazine groups is 1. The van der Waals surface area contributed by atoms with Crippen LogP contribution in [0.25, 0.3) is 0 Å². The smallest absolute Gasteiger partial charge is 0.205 e. The second kappa shape index (κ2) is 5.68. The summed E-state index contributed by atoms with van der Waals surface area (Å²) in [5.41, 5.74) is 2.88. The van der Waals surface area contributed by atoms with Crippen molar-refractivity contribution in [1.82, 2.24) is 9.97 Å². The number of nitrogens with two attached hydrogens (primary N) is 1. The average Bonchev–Trinajstić information content (AvgIpc) is 2.41. The molecule has 0 fully saturated rings. The summed E-state index contributed by atoms with van der Waals surface area (Å²) in [4.78, 5) is 7.92. The standard InChI is InChI=1S/C11H11ClFN5O/c1-19-9-10(15-5-16-11(9)18-14)17-8-3-2-6(13)4-7(8)12/h2-5H,14H2,1H3,(H2,15,16,17,18). The van der Waals surface area contributed by atoms with E-state index < -0.39 is 5.82 Å². The fraction of sp³-hybridized carbons (Fsp3) is 0.0909. The van der Waals surface area contributed by atoms with E-state index in [-0.39, 0.29) is 5.02 Å². The zero-order chi connectivity index (χ0) is 13.8. The van der Waals surface area contributed by atoms with Crippen molar-refractivity contribution in [1.29, 1.82) is 0 Å². The maximum Gasteiger partial charge on any atom is 0.205 e. The molecule has 0 aliphatic carbocycles. The number of rotatable bonds is 4. The van der Waals surface area contributed by atoms with Crippen molar-refractivity contribution in [3.05, 3.63) is 35.4 Å². The minimum absolute atomic E-state index is 0.225. The topological polar surface area (TPSA) is 85.1 Å². The summed E-state index contributed by atoms with van der Waals surface area (Å²) in [7, 11) is 1.46. The molecule has 0 aliphatic rings. The lowest BCUT2D eigenvalue weighted by Crippen LogP contribution is -2.11. The third kappa shape index (κ3) is 2.83. The van der Waals surface area contributed by atoms with Gasteiger partial charge in [0.15, 0.2) is 11.6 Å². The number of hydrogen-bond acceptors (Lipinski definition) is 6. The lowest BCUT2D eigenvalue weighted by atomic mass is 10.3. The van der Waals surface area contributed by atoms with E-state index in [4.69, 9.17) is 22.2 Å². The highest BCUT2D eigenvalue weighted by Gasteiger charge is 2.12. The van der Waals surface area contributed by atoms with Crippen LogP contribution in [0.5, 0.6) is 5.75 Å². The van der Waals surface area contributed by atoms with Gasteiger partial charge in [0, 0.05) is 0 Å². The SMILES string of the molecule is COc1c(NN)ncnc1Nc1ccc(F)cc1Cl. The molecule has 4 N–H and O–H groups in total. The van der Waals surface area contributed by atoms with Crippen LogP contribution < -0.4 is 21.3 Å². The summed E-state index contributed by atoms with van der Waals surface area (Å²) in [5.74, 6) is 5.90. The average molecular weight is 284 g/mol. The van der Waals surface area contributed by atoms with E-state index in [9.17, 15) is 4.39 Å². The molecule has 0 spiro atoms. The highest BCUT2D eigenvalue weighted by Crippen LogP contribution is 2.33. The lowest BCUT2D eigenvalue weighted by molar-refractivity contribution is 0.415. The molecule has 0 amide bonds. The summed E-state index contributed by atoms with van der Waals surface area (Å²) >= 11 is 5.92. The van der Waals surface area contributed by atoms with Crippen molar-refractivity contribution in [2.45, 2.75) is 0 Å². The molecule has 100 valence electrons. The van der Waals surface area contributed by atoms with E-state index in [1.165, 1.54) is 31.6 Å². The highest BCUT2D eigenvalue weighted by molar-refractivity contribution is 6.33. The molecule has 2 aromatic rings. The number of aromatic nitrogens is 2. The quantitative estimate of drug-likeness (QED) is 0.590. The van der Waals surface area contributed by atoms with E-state index in [0.29, 0.717) is 23.1 Å². The van der Waals surface area contributed by atoms with Crippen LogP contribution in [0, 0.1) is 5.82 Å². The Morgan fingerprint density at radius 3 is 2.68 bits per heavy atom. The molecule has 1 aromatic heterocycles. The maximum absolute atomic E-state index is 13.0. The van der Waals surface area contributed by atoms with Gasteiger partial charge >= 0.3 is 0 Å². The first-order valence-corrected chi connectivity index (χ1v) is 5.61. The van der Waals surface area contributed by atoms with E-state index in [0.717, 1.165) is 0 Å². The fourth-order valence-corrected chi connectivity index (χ4v) is 1.69. The van der Waals surface area contributed by atoms with Gasteiger partial charge in [0.05, 0.1) is 17.8 Å². The Morgan fingerprint density at radius 2 is 2.05 bits per heavy atom. The highest BCUT2D eigenvalue weighted by atomic mass is 35.5. The number of benzene rings is 1. The largest absolute Gasteiger partial charge is 0.490 e. The molecule has 0 radical (unpaired) electrons. The third-order valence-corrected chi connectivity index (χ3v) is 2.64. The third-order valence-electron chi connectivity index (χ3n) is 2.33. The molecule has 1 heterocycles. The number of ether oxygens (including phenoxy) is 1. The van der Waals surface area contributed by atoms with Gasteiger partial charge in [-0.2, -0.15) is 0 Å². The van der Waals surface area contributed by atoms with Crippen LogP contribution >= 0.6 is 11.6 Å². The van der Waals surface area contributed by atoms with Gasteiger partial charge in [-0.15, -0.1) is 0 Å². The van der Waals surface area contributed by atoms with Gasteiger partial charge in [-0.05, 0) is 18.2 Å². The molecule has 2 rings (SSSR count). The molecule has 0 atom stereocenters. The minimum atomic E-state index is -0.422. The van der Waals surface area contributed by atoms with Crippen molar-refractivity contribution >= 4 is 28.9 Å². The lowest BCUT2D eigenvalue weighted by Gasteiger charge is -2.13. The van der Waals surface area contributed by atoms with Gasteiger partial charge in [-0.3, -0.25) is 0 Å². The Balaban J connectivity index is 2.37. The number of nitrogens with one attached hydrogen (secondary N) is 2. The second-order valence-electron chi connectivity index (χ2n) is 3.50. The van der Waals surface area contributed by atoms with E-state index in [2.05, 4.69) is 20.7 Å². The Bertz CT molecular complexity index is 595. The summed E-state index contributed by atoms with van der Waals surface area (Å²) in [6.07, 6.45) is 1.30. The molecule has 0 saturated heterocycles. The van der Waals surface area contributed by atoms with Crippen molar-refractivity contribution in [3.63, 3.8) is 0 Å². The van der Waals surface area contributed by atoms with Gasteiger partial charge in [-0.1, -0.05) is 11.6 Å². The molecule has 8 heteroatoms. The van der Waals surface area contributed by atoms with Gasteiger partial charge in [0.25, 0.3) is 0 Å². The first kappa shape index (κ1) is 13.3. The van der Waals surface area contributed by atoms with E-state index in [1.54, 1.807) is 0 Å². The van der Waals surface area contributed by atoms with Crippen LogP contribution in [-0.2, 0) is 0 Å². The van der Waals surface area contributed by atoms with Crippen molar-refractivity contribution in [2.24, 2.45) is 5.84 Å². The van der Waals surface area contributed by atoms with Gasteiger partial charge in [0.1, 0.15) is 12.1 Å². The number of methoxy groups -OCH3 is 1. The number of hydrogen-bond donors (Lipinski definition) is 3. The molecular weight excluding hydrogens is 273 g/mol. The van der Waals surface area contributed by atoms with Gasteiger partial charge in [0.2, 0.25) is 5.75 Å². The monoisotopic (exact) mass is 283 g/mol. The number of halogens is 2. The van der Waals surface area contributed by atoms with Crippen LogP contribution in [0.1, 0.15) is 0 Å². The molecule has 6 nitrogen and oxygen atoms in total. The van der Waals surface area contributed by atoms with Crippen molar-refractivity contribution in [2.75, 3.05) is 17.9 Å². The maximum atomic E-state index is 13.0. The first-order chi connectivity index (χ1) is 9.15. The van der Waals surface area contributed by atoms with Crippen LogP contribution in [0.4, 0.5) is 21.7 Å². The Kier molecular flexibility index (Phi) is 3.98. The molecule has 19 heavy (non-hydrogen) atoms. The van der Waals surface area contributed by atoms with Gasteiger partial charge in [-0.25, -0.2) is 20.2 Å². The summed E-state index contributed by atoms with van der Waals surface area (Å²) < 4.78 is 18.1. The predicted octanol–water partition coefficient (Wildman–Crippen LogP) is 2.31. The van der Waals surface area contributed by atoms with Crippen LogP contribution in [0.15, 0.2) is 24.5 Å². The van der Waals surface area contributed by atoms with E-state index >= 15 is 0 Å². The van der Waals surface area contributed by atoms with Crippen molar-refractivity contribution < 1.29 is 9.13 Å². The first-order valence-electron chi connectivity index (χ1n) is 5.23. The number of anilines is 3. The normalized spacial score (nSPS) is 10.1. The zero-order valence-electron chi connectivity index (χ0n) is 9.95. The molecule has 1 aromatic carbocycles. The molecular formula is C11H11ClFN5O. The Hall–Kier alpha value is -2.12. The molecule has 0 unspecified atom stereocenters. The predicted molar refractivity (Wildman–Crippen MR) is 71.1 cm³/mol. The molecule has 0 bridgehead atoms. The Labute approximate surface area is 113 Å². The summed E-state index contributed by atoms with van der Waals surface area (Å²) in [5, 5.41) is 3.15. The number of nitrogen functional groups attached to an aromatic ring is 1. The molecule has 0 aliphatic heterocycles. The minimum Gasteiger partial charge on any atom is -0.490 e.